The molecule has 0 aromatic heterocycles. The SMILES string of the molecule is CCNC(=O)[C@H](C)N(Cc1ccc(Cl)c(Cl)c1)C(=O)CN(c1cc(OC)ccc1OC)S(=O)(=O)c1ccc(OC)c(OC)c1. The molecule has 0 unspecified atom stereocenters. The first-order valence-corrected chi connectivity index (χ1v) is 15.6. The molecule has 0 spiro atoms. The highest BCUT2D eigenvalue weighted by Crippen LogP contribution is 2.38. The van der Waals surface area contributed by atoms with E-state index in [1.165, 1.54) is 63.7 Å². The third-order valence-electron chi connectivity index (χ3n) is 6.73. The first-order valence-electron chi connectivity index (χ1n) is 13.4. The molecule has 0 radical (unpaired) electrons. The van der Waals surface area contributed by atoms with Gasteiger partial charge in [-0.1, -0.05) is 29.3 Å². The van der Waals surface area contributed by atoms with Crippen LogP contribution in [0.25, 0.3) is 0 Å². The summed E-state index contributed by atoms with van der Waals surface area (Å²) in [5.41, 5.74) is 0.618. The lowest BCUT2D eigenvalue weighted by atomic mass is 10.1. The first-order chi connectivity index (χ1) is 20.9. The summed E-state index contributed by atoms with van der Waals surface area (Å²) >= 11 is 12.3. The van der Waals surface area contributed by atoms with E-state index in [1.54, 1.807) is 38.1 Å². The van der Waals surface area contributed by atoms with E-state index in [-0.39, 0.29) is 33.6 Å². The van der Waals surface area contributed by atoms with E-state index in [0.29, 0.717) is 28.6 Å². The van der Waals surface area contributed by atoms with Gasteiger partial charge in [-0.3, -0.25) is 13.9 Å². The average molecular weight is 669 g/mol. The summed E-state index contributed by atoms with van der Waals surface area (Å²) in [5, 5.41) is 3.30. The maximum atomic E-state index is 14.3. The molecule has 3 aromatic carbocycles. The number of sulfonamides is 1. The van der Waals surface area contributed by atoms with Gasteiger partial charge >= 0.3 is 0 Å². The van der Waals surface area contributed by atoms with Gasteiger partial charge in [-0.15, -0.1) is 0 Å². The van der Waals surface area contributed by atoms with Crippen molar-refractivity contribution >= 4 is 50.7 Å². The number of methoxy groups -OCH3 is 4. The van der Waals surface area contributed by atoms with Crippen LogP contribution in [0.5, 0.6) is 23.0 Å². The molecule has 0 saturated heterocycles. The first kappa shape index (κ1) is 34.6. The minimum absolute atomic E-state index is 0.0372. The summed E-state index contributed by atoms with van der Waals surface area (Å²) in [6.45, 7) is 2.87. The summed E-state index contributed by atoms with van der Waals surface area (Å²) < 4.78 is 51.0. The van der Waals surface area contributed by atoms with E-state index < -0.39 is 34.4 Å². The quantitative estimate of drug-likeness (QED) is 0.261. The van der Waals surface area contributed by atoms with Crippen LogP contribution in [0.3, 0.4) is 0 Å². The van der Waals surface area contributed by atoms with E-state index in [0.717, 1.165) is 4.31 Å². The van der Waals surface area contributed by atoms with Crippen LogP contribution in [0.1, 0.15) is 19.4 Å². The van der Waals surface area contributed by atoms with Crippen molar-refractivity contribution in [3.63, 3.8) is 0 Å². The van der Waals surface area contributed by atoms with E-state index in [4.69, 9.17) is 42.1 Å². The minimum atomic E-state index is -4.46. The van der Waals surface area contributed by atoms with Crippen molar-refractivity contribution in [1.82, 2.24) is 10.2 Å². The van der Waals surface area contributed by atoms with E-state index in [1.807, 2.05) is 0 Å². The molecule has 2 amide bonds. The number of ether oxygens (including phenoxy) is 4. The lowest BCUT2D eigenvalue weighted by molar-refractivity contribution is -0.139. The molecule has 0 fully saturated rings. The Hall–Kier alpha value is -3.87. The zero-order valence-corrected chi connectivity index (χ0v) is 27.5. The van der Waals surface area contributed by atoms with Crippen LogP contribution in [-0.4, -0.2) is 72.7 Å². The molecule has 238 valence electrons. The van der Waals surface area contributed by atoms with Gasteiger partial charge in [-0.05, 0) is 55.8 Å². The molecule has 1 N–H and O–H groups in total. The van der Waals surface area contributed by atoms with Gasteiger partial charge in [0.2, 0.25) is 11.8 Å². The second-order valence-electron chi connectivity index (χ2n) is 9.41. The molecule has 0 aliphatic carbocycles. The van der Waals surface area contributed by atoms with Crippen LogP contribution in [0.4, 0.5) is 5.69 Å². The summed E-state index contributed by atoms with van der Waals surface area (Å²) in [6.07, 6.45) is 0. The van der Waals surface area contributed by atoms with E-state index >= 15 is 0 Å². The Bertz CT molecular complexity index is 1600. The zero-order valence-electron chi connectivity index (χ0n) is 25.2. The molecule has 0 heterocycles. The Morgan fingerprint density at radius 3 is 2.09 bits per heavy atom. The van der Waals surface area contributed by atoms with Crippen molar-refractivity contribution in [3.05, 3.63) is 70.2 Å². The van der Waals surface area contributed by atoms with Gasteiger partial charge in [-0.25, -0.2) is 8.42 Å². The predicted molar refractivity (Wildman–Crippen MR) is 169 cm³/mol. The second kappa shape index (κ2) is 15.2. The smallest absolute Gasteiger partial charge is 0.265 e. The Balaban J connectivity index is 2.18. The number of rotatable bonds is 14. The summed E-state index contributed by atoms with van der Waals surface area (Å²) in [6, 6.07) is 12.5. The molecule has 3 rings (SSSR count). The lowest BCUT2D eigenvalue weighted by Crippen LogP contribution is -2.51. The summed E-state index contributed by atoms with van der Waals surface area (Å²) in [7, 11) is 1.15. The monoisotopic (exact) mass is 667 g/mol. The second-order valence-corrected chi connectivity index (χ2v) is 12.1. The molecular weight excluding hydrogens is 633 g/mol. The van der Waals surface area contributed by atoms with E-state index in [2.05, 4.69) is 5.32 Å². The van der Waals surface area contributed by atoms with Crippen molar-refractivity contribution in [2.24, 2.45) is 0 Å². The third kappa shape index (κ3) is 7.79. The maximum Gasteiger partial charge on any atom is 0.265 e. The zero-order chi connectivity index (χ0) is 32.6. The number of benzene rings is 3. The van der Waals surface area contributed by atoms with Gasteiger partial charge in [0.1, 0.15) is 24.1 Å². The maximum absolute atomic E-state index is 14.3. The Morgan fingerprint density at radius 1 is 0.841 bits per heavy atom. The molecule has 3 aromatic rings. The molecular formula is C30H35Cl2N3O8S. The highest BCUT2D eigenvalue weighted by atomic mass is 35.5. The summed E-state index contributed by atoms with van der Waals surface area (Å²) in [4.78, 5) is 28.2. The predicted octanol–water partition coefficient (Wildman–Crippen LogP) is 4.78. The Morgan fingerprint density at radius 2 is 1.50 bits per heavy atom. The van der Waals surface area contributed by atoms with Crippen LogP contribution in [0, 0.1) is 0 Å². The van der Waals surface area contributed by atoms with Gasteiger partial charge < -0.3 is 29.2 Å². The van der Waals surface area contributed by atoms with Gasteiger partial charge in [0, 0.05) is 25.2 Å². The minimum Gasteiger partial charge on any atom is -0.497 e. The molecule has 44 heavy (non-hydrogen) atoms. The summed E-state index contributed by atoms with van der Waals surface area (Å²) in [5.74, 6) is -0.127. The van der Waals surface area contributed by atoms with Crippen LogP contribution in [0.15, 0.2) is 59.5 Å². The fourth-order valence-corrected chi connectivity index (χ4v) is 6.10. The molecule has 1 atom stereocenters. The van der Waals surface area contributed by atoms with Crippen molar-refractivity contribution in [1.29, 1.82) is 0 Å². The van der Waals surface area contributed by atoms with Crippen molar-refractivity contribution in [3.8, 4) is 23.0 Å². The molecule has 0 aliphatic rings. The van der Waals surface area contributed by atoms with Crippen molar-refractivity contribution in [2.75, 3.05) is 45.8 Å². The third-order valence-corrected chi connectivity index (χ3v) is 9.23. The van der Waals surface area contributed by atoms with Crippen LogP contribution >= 0.6 is 23.2 Å². The lowest BCUT2D eigenvalue weighted by Gasteiger charge is -2.32. The van der Waals surface area contributed by atoms with Crippen LogP contribution in [0.2, 0.25) is 10.0 Å². The van der Waals surface area contributed by atoms with Crippen LogP contribution in [-0.2, 0) is 26.2 Å². The fourth-order valence-electron chi connectivity index (χ4n) is 4.35. The number of hydrogen-bond donors (Lipinski definition) is 1. The molecule has 14 heteroatoms. The number of likely N-dealkylation sites (N-methyl/N-ethyl adjacent to an activating group) is 1. The number of anilines is 1. The number of carbonyl (C=O) groups excluding carboxylic acids is 2. The number of amides is 2. The van der Waals surface area contributed by atoms with Gasteiger partial charge in [0.15, 0.2) is 11.5 Å². The standard InChI is InChI=1S/C30H35Cl2N3O8S/c1-7-33-30(37)19(2)34(17-20-8-11-23(31)24(32)14-20)29(36)18-35(25-15-21(40-3)9-12-26(25)41-4)44(38,39)22-10-13-27(42-5)28(16-22)43-6/h8-16,19H,7,17-18H2,1-6H3,(H,33,37)/t19-/m0/s1. The molecule has 0 saturated carbocycles. The highest BCUT2D eigenvalue weighted by molar-refractivity contribution is 7.92. The molecule has 11 nitrogen and oxygen atoms in total. The normalized spacial score (nSPS) is 11.7. The fraction of sp³-hybridized carbons (Fsp3) is 0.333. The number of hydrogen-bond acceptors (Lipinski definition) is 8. The highest BCUT2D eigenvalue weighted by Gasteiger charge is 2.34. The number of carbonyl (C=O) groups is 2. The molecule has 0 aliphatic heterocycles. The van der Waals surface area contributed by atoms with Crippen LogP contribution < -0.4 is 28.6 Å². The topological polar surface area (TPSA) is 124 Å². The number of nitrogens with zero attached hydrogens (tertiary/aromatic N) is 2. The van der Waals surface area contributed by atoms with E-state index in [9.17, 15) is 18.0 Å². The van der Waals surface area contributed by atoms with Gasteiger partial charge in [0.25, 0.3) is 10.0 Å². The Kier molecular flexibility index (Phi) is 12.0. The van der Waals surface area contributed by atoms with Crippen molar-refractivity contribution < 1.29 is 37.0 Å². The average Bonchev–Trinajstić information content (AvgIpc) is 3.02. The Labute approximate surface area is 267 Å². The molecule has 0 bridgehead atoms. The number of nitrogens with one attached hydrogen (secondary N) is 1. The van der Waals surface area contributed by atoms with Crippen molar-refractivity contribution in [2.45, 2.75) is 31.3 Å². The number of halogens is 2. The van der Waals surface area contributed by atoms with Gasteiger partial charge in [-0.2, -0.15) is 0 Å². The largest absolute Gasteiger partial charge is 0.497 e. The van der Waals surface area contributed by atoms with Gasteiger partial charge in [0.05, 0.1) is 49.1 Å².